The monoisotopic (exact) mass is 308 g/mol. The highest BCUT2D eigenvalue weighted by molar-refractivity contribution is 7.92. The Morgan fingerprint density at radius 2 is 1.86 bits per heavy atom. The van der Waals surface area contributed by atoms with Gasteiger partial charge in [0.05, 0.1) is 4.90 Å². The summed E-state index contributed by atoms with van der Waals surface area (Å²) in [4.78, 5) is 27.6. The number of aromatic amines is 1. The first-order chi connectivity index (χ1) is 9.87. The molecule has 2 aromatic rings. The number of sulfonamides is 1. The van der Waals surface area contributed by atoms with Crippen LogP contribution in [0, 0.1) is 0 Å². The first kappa shape index (κ1) is 14.7. The van der Waals surface area contributed by atoms with E-state index in [1.807, 2.05) is 0 Å². The lowest BCUT2D eigenvalue weighted by molar-refractivity contribution is -0.114. The summed E-state index contributed by atoms with van der Waals surface area (Å²) in [6.45, 7) is 1.35. The Labute approximate surface area is 120 Å². The van der Waals surface area contributed by atoms with Gasteiger partial charge >= 0.3 is 5.69 Å². The van der Waals surface area contributed by atoms with Crippen LogP contribution >= 0.6 is 0 Å². The Balaban J connectivity index is 2.23. The predicted octanol–water partition coefficient (Wildman–Crippen LogP) is 0.529. The smallest absolute Gasteiger partial charge is 0.326 e. The summed E-state index contributed by atoms with van der Waals surface area (Å²) in [5.41, 5.74) is -0.171. The van der Waals surface area contributed by atoms with Gasteiger partial charge < -0.3 is 5.32 Å². The molecule has 0 spiro atoms. The van der Waals surface area contributed by atoms with Crippen LogP contribution in [0.15, 0.2) is 46.2 Å². The largest absolute Gasteiger partial charge is 0.346 e. The van der Waals surface area contributed by atoms with Crippen LogP contribution in [-0.4, -0.2) is 24.3 Å². The molecule has 0 fully saturated rings. The standard InChI is InChI=1S/C12H12N4O4S/c1-8(17)14-9-2-4-10(5-3-9)21(19,20)16-11-6-7-13-12(18)15-11/h2-7H,1H3,(H,14,17)(H2,13,15,16,18). The summed E-state index contributed by atoms with van der Waals surface area (Å²) in [5, 5.41) is 2.53. The van der Waals surface area contributed by atoms with Gasteiger partial charge in [-0.1, -0.05) is 0 Å². The molecule has 2 rings (SSSR count). The van der Waals surface area contributed by atoms with Crippen LogP contribution in [0.4, 0.5) is 11.5 Å². The molecule has 0 aliphatic carbocycles. The summed E-state index contributed by atoms with van der Waals surface area (Å²) in [6, 6.07) is 6.93. The van der Waals surface area contributed by atoms with Gasteiger partial charge in [0.2, 0.25) is 5.91 Å². The van der Waals surface area contributed by atoms with Gasteiger partial charge in [0.15, 0.2) is 0 Å². The lowest BCUT2D eigenvalue weighted by atomic mass is 10.3. The minimum Gasteiger partial charge on any atom is -0.326 e. The molecule has 0 aliphatic rings. The van der Waals surface area contributed by atoms with Crippen LogP contribution in [0.3, 0.4) is 0 Å². The Hall–Kier alpha value is -2.68. The average Bonchev–Trinajstić information content (AvgIpc) is 2.38. The Morgan fingerprint density at radius 3 is 2.43 bits per heavy atom. The fourth-order valence-corrected chi connectivity index (χ4v) is 2.57. The maximum absolute atomic E-state index is 12.1. The van der Waals surface area contributed by atoms with Crippen molar-refractivity contribution >= 4 is 27.4 Å². The van der Waals surface area contributed by atoms with E-state index in [1.165, 1.54) is 43.5 Å². The Kier molecular flexibility index (Phi) is 4.03. The number of H-pyrrole nitrogens is 1. The molecule has 0 saturated heterocycles. The summed E-state index contributed by atoms with van der Waals surface area (Å²) < 4.78 is 26.4. The second kappa shape index (κ2) is 5.75. The lowest BCUT2D eigenvalue weighted by Crippen LogP contribution is -2.18. The van der Waals surface area contributed by atoms with Crippen LogP contribution in [0.2, 0.25) is 0 Å². The van der Waals surface area contributed by atoms with Crippen molar-refractivity contribution < 1.29 is 13.2 Å². The van der Waals surface area contributed by atoms with Gasteiger partial charge in [0, 0.05) is 18.8 Å². The number of carbonyl (C=O) groups is 1. The van der Waals surface area contributed by atoms with Crippen molar-refractivity contribution in [2.75, 3.05) is 10.0 Å². The van der Waals surface area contributed by atoms with Gasteiger partial charge in [-0.15, -0.1) is 0 Å². The summed E-state index contributed by atoms with van der Waals surface area (Å²) >= 11 is 0. The predicted molar refractivity (Wildman–Crippen MR) is 76.4 cm³/mol. The maximum Gasteiger partial charge on any atom is 0.346 e. The molecule has 0 unspecified atom stereocenters. The number of nitrogens with zero attached hydrogens (tertiary/aromatic N) is 1. The molecule has 0 atom stereocenters. The minimum atomic E-state index is -3.84. The molecule has 3 N–H and O–H groups in total. The number of rotatable bonds is 4. The van der Waals surface area contributed by atoms with Crippen molar-refractivity contribution in [2.45, 2.75) is 11.8 Å². The Morgan fingerprint density at radius 1 is 1.19 bits per heavy atom. The second-order valence-corrected chi connectivity index (χ2v) is 5.78. The Bertz CT molecular complexity index is 812. The van der Waals surface area contributed by atoms with Gasteiger partial charge in [-0.2, -0.15) is 0 Å². The first-order valence-electron chi connectivity index (χ1n) is 5.83. The van der Waals surface area contributed by atoms with E-state index in [9.17, 15) is 18.0 Å². The molecule has 1 aromatic heterocycles. The third kappa shape index (κ3) is 3.89. The summed E-state index contributed by atoms with van der Waals surface area (Å²) in [6.07, 6.45) is 1.19. The molecule has 0 bridgehead atoms. The van der Waals surface area contributed by atoms with E-state index in [0.717, 1.165) is 0 Å². The van der Waals surface area contributed by atoms with Crippen molar-refractivity contribution in [3.8, 4) is 0 Å². The van der Waals surface area contributed by atoms with Crippen molar-refractivity contribution in [1.29, 1.82) is 0 Å². The molecule has 0 aliphatic heterocycles. The molecule has 0 radical (unpaired) electrons. The molecule has 8 nitrogen and oxygen atoms in total. The third-order valence-electron chi connectivity index (χ3n) is 2.40. The van der Waals surface area contributed by atoms with Crippen LogP contribution in [-0.2, 0) is 14.8 Å². The molecule has 0 saturated carbocycles. The zero-order valence-corrected chi connectivity index (χ0v) is 11.8. The number of carbonyl (C=O) groups excluding carboxylic acids is 1. The molecule has 9 heteroatoms. The number of hydrogen-bond acceptors (Lipinski definition) is 5. The molecule has 1 amide bonds. The summed E-state index contributed by atoms with van der Waals surface area (Å²) in [7, 11) is -3.84. The van der Waals surface area contributed by atoms with Crippen LogP contribution in [0.1, 0.15) is 6.92 Å². The van der Waals surface area contributed by atoms with Crippen molar-refractivity contribution in [1.82, 2.24) is 9.97 Å². The fourth-order valence-electron chi connectivity index (χ4n) is 1.55. The molecule has 21 heavy (non-hydrogen) atoms. The first-order valence-corrected chi connectivity index (χ1v) is 7.31. The van der Waals surface area contributed by atoms with E-state index in [1.54, 1.807) is 0 Å². The maximum atomic E-state index is 12.1. The van der Waals surface area contributed by atoms with E-state index < -0.39 is 15.7 Å². The van der Waals surface area contributed by atoms with Gasteiger partial charge in [-0.3, -0.25) is 14.5 Å². The number of aromatic nitrogens is 2. The van der Waals surface area contributed by atoms with Crippen molar-refractivity contribution in [3.63, 3.8) is 0 Å². The SMILES string of the molecule is CC(=O)Nc1ccc(S(=O)(=O)Nc2ccnc(=O)[nH]2)cc1. The zero-order valence-electron chi connectivity index (χ0n) is 11.0. The molecular formula is C12H12N4O4S. The minimum absolute atomic E-state index is 0.00531. The number of amides is 1. The van der Waals surface area contributed by atoms with Crippen molar-refractivity contribution in [3.05, 3.63) is 47.0 Å². The van der Waals surface area contributed by atoms with E-state index >= 15 is 0 Å². The molecule has 1 aromatic carbocycles. The quantitative estimate of drug-likeness (QED) is 0.760. The number of benzene rings is 1. The molecule has 1 heterocycles. The van der Waals surface area contributed by atoms with Crippen LogP contribution in [0.5, 0.6) is 0 Å². The molecule has 110 valence electrons. The van der Waals surface area contributed by atoms with Gasteiger partial charge in [0.1, 0.15) is 5.82 Å². The van der Waals surface area contributed by atoms with Gasteiger partial charge in [0.25, 0.3) is 10.0 Å². The lowest BCUT2D eigenvalue weighted by Gasteiger charge is -2.08. The average molecular weight is 308 g/mol. The normalized spacial score (nSPS) is 10.9. The number of nitrogens with one attached hydrogen (secondary N) is 3. The number of hydrogen-bond donors (Lipinski definition) is 3. The van der Waals surface area contributed by atoms with Crippen LogP contribution in [0.25, 0.3) is 0 Å². The van der Waals surface area contributed by atoms with Crippen molar-refractivity contribution in [2.24, 2.45) is 0 Å². The molecular weight excluding hydrogens is 296 g/mol. The second-order valence-electron chi connectivity index (χ2n) is 4.10. The van der Waals surface area contributed by atoms with E-state index in [-0.39, 0.29) is 16.6 Å². The third-order valence-corrected chi connectivity index (χ3v) is 3.79. The highest BCUT2D eigenvalue weighted by Crippen LogP contribution is 2.16. The summed E-state index contributed by atoms with van der Waals surface area (Å²) in [5.74, 6) is -0.237. The topological polar surface area (TPSA) is 121 Å². The fraction of sp³-hybridized carbons (Fsp3) is 0.0833. The van der Waals surface area contributed by atoms with Gasteiger partial charge in [-0.05, 0) is 30.3 Å². The van der Waals surface area contributed by atoms with Crippen LogP contribution < -0.4 is 15.7 Å². The zero-order chi connectivity index (χ0) is 15.5. The number of anilines is 2. The highest BCUT2D eigenvalue weighted by Gasteiger charge is 2.14. The van der Waals surface area contributed by atoms with E-state index in [4.69, 9.17) is 0 Å². The van der Waals surface area contributed by atoms with E-state index in [2.05, 4.69) is 20.0 Å². The van der Waals surface area contributed by atoms with E-state index in [0.29, 0.717) is 5.69 Å². The highest BCUT2D eigenvalue weighted by atomic mass is 32.2. The van der Waals surface area contributed by atoms with Gasteiger partial charge in [-0.25, -0.2) is 18.2 Å².